The van der Waals surface area contributed by atoms with Crippen molar-refractivity contribution >= 4 is 11.9 Å². The standard InChI is InChI=1S/C12H22N2O4/c1-9(7-18-3)13-10(15)6-14-5-4-12(2,8-14)11(16)17/h9H,4-8H2,1-3H3,(H,13,15)(H,16,17). The zero-order valence-electron chi connectivity index (χ0n) is 11.2. The van der Waals surface area contributed by atoms with Crippen LogP contribution in [0.3, 0.4) is 0 Å². The molecular weight excluding hydrogens is 236 g/mol. The third-order valence-corrected chi connectivity index (χ3v) is 3.26. The van der Waals surface area contributed by atoms with Gasteiger partial charge in [0.15, 0.2) is 0 Å². The Morgan fingerprint density at radius 3 is 2.72 bits per heavy atom. The van der Waals surface area contributed by atoms with Gasteiger partial charge in [-0.2, -0.15) is 0 Å². The average molecular weight is 258 g/mol. The van der Waals surface area contributed by atoms with Gasteiger partial charge >= 0.3 is 5.97 Å². The van der Waals surface area contributed by atoms with Crippen LogP contribution in [0.4, 0.5) is 0 Å². The minimum Gasteiger partial charge on any atom is -0.481 e. The number of carboxylic acids is 1. The molecule has 1 heterocycles. The zero-order valence-corrected chi connectivity index (χ0v) is 11.2. The molecule has 6 nitrogen and oxygen atoms in total. The first-order valence-corrected chi connectivity index (χ1v) is 6.11. The van der Waals surface area contributed by atoms with Gasteiger partial charge in [0.1, 0.15) is 0 Å². The molecule has 0 spiro atoms. The maximum Gasteiger partial charge on any atom is 0.310 e. The normalized spacial score (nSPS) is 25.9. The summed E-state index contributed by atoms with van der Waals surface area (Å²) >= 11 is 0. The largest absolute Gasteiger partial charge is 0.481 e. The molecule has 0 aromatic rings. The summed E-state index contributed by atoms with van der Waals surface area (Å²) in [6, 6.07) is -0.0315. The lowest BCUT2D eigenvalue weighted by atomic mass is 9.90. The summed E-state index contributed by atoms with van der Waals surface area (Å²) in [7, 11) is 1.58. The van der Waals surface area contributed by atoms with Gasteiger partial charge in [-0.25, -0.2) is 0 Å². The third-order valence-electron chi connectivity index (χ3n) is 3.26. The molecule has 0 aromatic heterocycles. The molecule has 0 saturated carbocycles. The van der Waals surface area contributed by atoms with Crippen LogP contribution in [0.25, 0.3) is 0 Å². The minimum absolute atomic E-state index is 0.0315. The summed E-state index contributed by atoms with van der Waals surface area (Å²) < 4.78 is 4.93. The maximum absolute atomic E-state index is 11.7. The van der Waals surface area contributed by atoms with Crippen LogP contribution in [0.2, 0.25) is 0 Å². The van der Waals surface area contributed by atoms with Crippen LogP contribution in [0, 0.1) is 5.41 Å². The number of nitrogens with zero attached hydrogens (tertiary/aromatic N) is 1. The quantitative estimate of drug-likeness (QED) is 0.697. The summed E-state index contributed by atoms with van der Waals surface area (Å²) in [6.07, 6.45) is 0.587. The number of carboxylic acid groups (broad SMARTS) is 1. The molecule has 2 atom stereocenters. The molecule has 1 aliphatic heterocycles. The smallest absolute Gasteiger partial charge is 0.310 e. The first kappa shape index (κ1) is 14.9. The highest BCUT2D eigenvalue weighted by Gasteiger charge is 2.40. The van der Waals surface area contributed by atoms with Crippen molar-refractivity contribution in [3.05, 3.63) is 0 Å². The highest BCUT2D eigenvalue weighted by Crippen LogP contribution is 2.29. The molecule has 1 saturated heterocycles. The molecule has 6 heteroatoms. The van der Waals surface area contributed by atoms with E-state index in [9.17, 15) is 9.59 Å². The van der Waals surface area contributed by atoms with E-state index in [0.717, 1.165) is 0 Å². The summed E-state index contributed by atoms with van der Waals surface area (Å²) in [5.74, 6) is -0.882. The molecule has 18 heavy (non-hydrogen) atoms. The van der Waals surface area contributed by atoms with Gasteiger partial charge in [-0.1, -0.05) is 0 Å². The molecule has 0 radical (unpaired) electrons. The molecule has 0 aromatic carbocycles. The molecule has 1 rings (SSSR count). The number of ether oxygens (including phenoxy) is 1. The van der Waals surface area contributed by atoms with Crippen molar-refractivity contribution in [2.24, 2.45) is 5.41 Å². The highest BCUT2D eigenvalue weighted by atomic mass is 16.5. The number of carbonyl (C=O) groups is 2. The van der Waals surface area contributed by atoms with E-state index in [1.54, 1.807) is 14.0 Å². The number of carbonyl (C=O) groups excluding carboxylic acids is 1. The summed E-state index contributed by atoms with van der Waals surface area (Å²) in [5, 5.41) is 11.9. The molecule has 1 aliphatic rings. The summed E-state index contributed by atoms with van der Waals surface area (Å²) in [4.78, 5) is 24.7. The first-order valence-electron chi connectivity index (χ1n) is 6.11. The average Bonchev–Trinajstić information content (AvgIpc) is 2.61. The number of hydrogen-bond acceptors (Lipinski definition) is 4. The maximum atomic E-state index is 11.7. The van der Waals surface area contributed by atoms with Gasteiger partial charge in [0.2, 0.25) is 5.91 Å². The van der Waals surface area contributed by atoms with Crippen LogP contribution in [0.15, 0.2) is 0 Å². The fraction of sp³-hybridized carbons (Fsp3) is 0.833. The van der Waals surface area contributed by atoms with Gasteiger partial charge in [0.25, 0.3) is 0 Å². The van der Waals surface area contributed by atoms with Crippen LogP contribution >= 0.6 is 0 Å². The van der Waals surface area contributed by atoms with Crippen molar-refractivity contribution in [3.63, 3.8) is 0 Å². The number of aliphatic carboxylic acids is 1. The van der Waals surface area contributed by atoms with Gasteiger partial charge in [0.05, 0.1) is 18.6 Å². The predicted molar refractivity (Wildman–Crippen MR) is 66.3 cm³/mol. The molecule has 0 bridgehead atoms. The zero-order chi connectivity index (χ0) is 13.8. The molecule has 0 aliphatic carbocycles. The van der Waals surface area contributed by atoms with Crippen molar-refractivity contribution in [1.29, 1.82) is 0 Å². The Morgan fingerprint density at radius 2 is 2.22 bits per heavy atom. The number of rotatable bonds is 6. The van der Waals surface area contributed by atoms with Crippen molar-refractivity contribution in [2.75, 3.05) is 33.4 Å². The van der Waals surface area contributed by atoms with Gasteiger partial charge in [-0.05, 0) is 26.8 Å². The van der Waals surface area contributed by atoms with Crippen molar-refractivity contribution < 1.29 is 19.4 Å². The number of likely N-dealkylation sites (tertiary alicyclic amines) is 1. The number of methoxy groups -OCH3 is 1. The van der Waals surface area contributed by atoms with Crippen molar-refractivity contribution in [3.8, 4) is 0 Å². The Hall–Kier alpha value is -1.14. The number of amides is 1. The Morgan fingerprint density at radius 1 is 1.56 bits per heavy atom. The second kappa shape index (κ2) is 6.15. The predicted octanol–water partition coefficient (Wildman–Crippen LogP) is -0.0659. The van der Waals surface area contributed by atoms with E-state index >= 15 is 0 Å². The van der Waals surface area contributed by atoms with Gasteiger partial charge in [0, 0.05) is 19.7 Å². The van der Waals surface area contributed by atoms with Gasteiger partial charge in [-0.15, -0.1) is 0 Å². The molecular formula is C12H22N2O4. The third kappa shape index (κ3) is 3.96. The van der Waals surface area contributed by atoms with Gasteiger partial charge in [-0.3, -0.25) is 14.5 Å². The van der Waals surface area contributed by atoms with Crippen LogP contribution in [-0.4, -0.2) is 61.3 Å². The number of nitrogens with one attached hydrogen (secondary N) is 1. The lowest BCUT2D eigenvalue weighted by Gasteiger charge is -2.20. The van der Waals surface area contributed by atoms with Crippen molar-refractivity contribution in [2.45, 2.75) is 26.3 Å². The lowest BCUT2D eigenvalue weighted by molar-refractivity contribution is -0.147. The van der Waals surface area contributed by atoms with Crippen LogP contribution in [0.1, 0.15) is 20.3 Å². The van der Waals surface area contributed by atoms with E-state index in [-0.39, 0.29) is 18.5 Å². The first-order chi connectivity index (χ1) is 8.37. The Labute approximate surface area is 107 Å². The second-order valence-corrected chi connectivity index (χ2v) is 5.25. The lowest BCUT2D eigenvalue weighted by Crippen LogP contribution is -2.42. The topological polar surface area (TPSA) is 78.9 Å². The fourth-order valence-corrected chi connectivity index (χ4v) is 2.18. The van der Waals surface area contributed by atoms with Crippen LogP contribution in [0.5, 0.6) is 0 Å². The Kier molecular flexibility index (Phi) is 5.10. The minimum atomic E-state index is -0.793. The fourth-order valence-electron chi connectivity index (χ4n) is 2.18. The van der Waals surface area contributed by atoms with E-state index in [0.29, 0.717) is 26.1 Å². The second-order valence-electron chi connectivity index (χ2n) is 5.25. The Balaban J connectivity index is 2.37. The highest BCUT2D eigenvalue weighted by molar-refractivity contribution is 5.79. The molecule has 1 amide bonds. The van der Waals surface area contributed by atoms with E-state index in [1.165, 1.54) is 0 Å². The molecule has 1 fully saturated rings. The molecule has 104 valence electrons. The van der Waals surface area contributed by atoms with Crippen LogP contribution < -0.4 is 5.32 Å². The molecule has 2 N–H and O–H groups in total. The van der Waals surface area contributed by atoms with Gasteiger partial charge < -0.3 is 15.2 Å². The number of hydrogen-bond donors (Lipinski definition) is 2. The summed E-state index contributed by atoms with van der Waals surface area (Å²) in [5.41, 5.74) is -0.724. The van der Waals surface area contributed by atoms with E-state index in [1.807, 2.05) is 11.8 Å². The van der Waals surface area contributed by atoms with E-state index in [4.69, 9.17) is 9.84 Å². The van der Waals surface area contributed by atoms with Crippen molar-refractivity contribution in [1.82, 2.24) is 10.2 Å². The van der Waals surface area contributed by atoms with E-state index in [2.05, 4.69) is 5.32 Å². The Bertz CT molecular complexity index is 321. The monoisotopic (exact) mass is 258 g/mol. The summed E-state index contributed by atoms with van der Waals surface area (Å²) in [6.45, 7) is 5.38. The van der Waals surface area contributed by atoms with E-state index < -0.39 is 11.4 Å². The SMILES string of the molecule is COCC(C)NC(=O)CN1CCC(C)(C(=O)O)C1. The molecule has 2 unspecified atom stereocenters. The van der Waals surface area contributed by atoms with Crippen LogP contribution in [-0.2, 0) is 14.3 Å².